The number of carbonyl (C=O) groups is 1. The second-order valence-corrected chi connectivity index (χ2v) is 4.79. The normalized spacial score (nSPS) is 21.3. The molecule has 0 aliphatic heterocycles. The lowest BCUT2D eigenvalue weighted by Gasteiger charge is -2.30. The van der Waals surface area contributed by atoms with Gasteiger partial charge in [-0.3, -0.25) is 4.79 Å². The molecule has 6 heteroatoms. The molecular weight excluding hydrogens is 234 g/mol. The first-order valence-corrected chi connectivity index (χ1v) is 6.40. The fraction of sp³-hybridized carbons (Fsp3) is 0.833. The zero-order valence-electron chi connectivity index (χ0n) is 11.1. The first-order valence-electron chi connectivity index (χ1n) is 6.40. The Morgan fingerprint density at radius 1 is 1.44 bits per heavy atom. The molecule has 0 saturated heterocycles. The van der Waals surface area contributed by atoms with Crippen LogP contribution in [0.4, 0.5) is 0 Å². The second kappa shape index (κ2) is 7.20. The van der Waals surface area contributed by atoms with Crippen molar-refractivity contribution in [2.45, 2.75) is 51.2 Å². The molecule has 0 bridgehead atoms. The molecule has 0 radical (unpaired) electrons. The lowest BCUT2D eigenvalue weighted by molar-refractivity contribution is -0.130. The number of nitrogens with one attached hydrogen (secondary N) is 1. The summed E-state index contributed by atoms with van der Waals surface area (Å²) in [4.78, 5) is 11.8. The van der Waals surface area contributed by atoms with Crippen LogP contribution in [0.15, 0.2) is 5.16 Å². The summed E-state index contributed by atoms with van der Waals surface area (Å²) in [5.41, 5.74) is 5.68. The third-order valence-corrected chi connectivity index (χ3v) is 3.58. The van der Waals surface area contributed by atoms with E-state index in [0.717, 1.165) is 25.7 Å². The summed E-state index contributed by atoms with van der Waals surface area (Å²) >= 11 is 0. The van der Waals surface area contributed by atoms with Crippen LogP contribution in [-0.4, -0.2) is 36.2 Å². The monoisotopic (exact) mass is 257 g/mol. The third-order valence-electron chi connectivity index (χ3n) is 3.58. The first kappa shape index (κ1) is 14.8. The van der Waals surface area contributed by atoms with Gasteiger partial charge in [0, 0.05) is 7.11 Å². The number of oxime groups is 1. The molecule has 0 heterocycles. The van der Waals surface area contributed by atoms with Crippen molar-refractivity contribution in [2.24, 2.45) is 16.8 Å². The standard InChI is InChI=1S/C12H23N3O3/c1-8(18-2)12(16)14-10(11(13)15-17)9-6-4-3-5-7-9/h8-10,17H,3-7H2,1-2H3,(H2,13,15)(H,14,16). The van der Waals surface area contributed by atoms with Gasteiger partial charge in [0.2, 0.25) is 5.91 Å². The molecule has 0 aromatic rings. The predicted molar refractivity (Wildman–Crippen MR) is 68.4 cm³/mol. The quantitative estimate of drug-likeness (QED) is 0.294. The molecule has 18 heavy (non-hydrogen) atoms. The van der Waals surface area contributed by atoms with Gasteiger partial charge in [0.15, 0.2) is 5.84 Å². The summed E-state index contributed by atoms with van der Waals surface area (Å²) < 4.78 is 4.96. The van der Waals surface area contributed by atoms with Gasteiger partial charge in [0.05, 0.1) is 6.04 Å². The molecule has 2 atom stereocenters. The maximum atomic E-state index is 11.8. The number of rotatable bonds is 5. The van der Waals surface area contributed by atoms with Crippen LogP contribution in [0.1, 0.15) is 39.0 Å². The number of methoxy groups -OCH3 is 1. The van der Waals surface area contributed by atoms with Crippen molar-refractivity contribution >= 4 is 11.7 Å². The van der Waals surface area contributed by atoms with Crippen molar-refractivity contribution in [3.05, 3.63) is 0 Å². The van der Waals surface area contributed by atoms with Gasteiger partial charge in [-0.15, -0.1) is 0 Å². The Balaban J connectivity index is 2.69. The molecule has 1 saturated carbocycles. The third kappa shape index (κ3) is 3.87. The predicted octanol–water partition coefficient (Wildman–Crippen LogP) is 0.833. The van der Waals surface area contributed by atoms with Gasteiger partial charge in [0.25, 0.3) is 0 Å². The van der Waals surface area contributed by atoms with Crippen LogP contribution in [-0.2, 0) is 9.53 Å². The molecule has 1 fully saturated rings. The van der Waals surface area contributed by atoms with Gasteiger partial charge >= 0.3 is 0 Å². The van der Waals surface area contributed by atoms with E-state index in [-0.39, 0.29) is 17.7 Å². The van der Waals surface area contributed by atoms with E-state index in [4.69, 9.17) is 15.7 Å². The molecule has 1 aliphatic rings. The van der Waals surface area contributed by atoms with Crippen LogP contribution in [0.3, 0.4) is 0 Å². The van der Waals surface area contributed by atoms with E-state index in [2.05, 4.69) is 10.5 Å². The Labute approximate surface area is 108 Å². The zero-order chi connectivity index (χ0) is 13.5. The highest BCUT2D eigenvalue weighted by Gasteiger charge is 2.29. The van der Waals surface area contributed by atoms with Crippen LogP contribution in [0, 0.1) is 5.92 Å². The van der Waals surface area contributed by atoms with E-state index in [1.807, 2.05) is 0 Å². The molecular formula is C12H23N3O3. The van der Waals surface area contributed by atoms with Crippen molar-refractivity contribution in [3.63, 3.8) is 0 Å². The molecule has 0 spiro atoms. The number of amides is 1. The Morgan fingerprint density at radius 3 is 2.56 bits per heavy atom. The Kier molecular flexibility index (Phi) is 5.91. The van der Waals surface area contributed by atoms with Crippen molar-refractivity contribution < 1.29 is 14.7 Å². The highest BCUT2D eigenvalue weighted by molar-refractivity contribution is 5.91. The summed E-state index contributed by atoms with van der Waals surface area (Å²) in [6.07, 6.45) is 4.89. The minimum Gasteiger partial charge on any atom is -0.409 e. The van der Waals surface area contributed by atoms with Gasteiger partial charge in [0.1, 0.15) is 6.10 Å². The van der Waals surface area contributed by atoms with E-state index in [1.165, 1.54) is 13.5 Å². The number of hydrogen-bond acceptors (Lipinski definition) is 4. The van der Waals surface area contributed by atoms with Gasteiger partial charge in [-0.05, 0) is 25.7 Å². The molecule has 104 valence electrons. The minimum absolute atomic E-state index is 0.0681. The van der Waals surface area contributed by atoms with E-state index in [1.54, 1.807) is 6.92 Å². The molecule has 0 aromatic heterocycles. The topological polar surface area (TPSA) is 96.9 Å². The average Bonchev–Trinajstić information content (AvgIpc) is 2.43. The van der Waals surface area contributed by atoms with Gasteiger partial charge in [-0.2, -0.15) is 0 Å². The molecule has 1 aliphatic carbocycles. The molecule has 0 aromatic carbocycles. The van der Waals surface area contributed by atoms with E-state index >= 15 is 0 Å². The summed E-state index contributed by atoms with van der Waals surface area (Å²) in [5.74, 6) is 0.0703. The molecule has 4 N–H and O–H groups in total. The van der Waals surface area contributed by atoms with Crippen LogP contribution >= 0.6 is 0 Å². The van der Waals surface area contributed by atoms with Crippen LogP contribution < -0.4 is 11.1 Å². The highest BCUT2D eigenvalue weighted by atomic mass is 16.5. The zero-order valence-corrected chi connectivity index (χ0v) is 11.1. The van der Waals surface area contributed by atoms with E-state index < -0.39 is 12.1 Å². The highest BCUT2D eigenvalue weighted by Crippen LogP contribution is 2.26. The largest absolute Gasteiger partial charge is 0.409 e. The van der Waals surface area contributed by atoms with Gasteiger partial charge in [-0.25, -0.2) is 0 Å². The summed E-state index contributed by atoms with van der Waals surface area (Å²) in [6, 6.07) is -0.402. The number of ether oxygens (including phenoxy) is 1. The fourth-order valence-electron chi connectivity index (χ4n) is 2.34. The van der Waals surface area contributed by atoms with Crippen molar-refractivity contribution in [2.75, 3.05) is 7.11 Å². The maximum Gasteiger partial charge on any atom is 0.249 e. The van der Waals surface area contributed by atoms with Crippen LogP contribution in [0.25, 0.3) is 0 Å². The average molecular weight is 257 g/mol. The Morgan fingerprint density at radius 2 is 2.06 bits per heavy atom. The minimum atomic E-state index is -0.539. The van der Waals surface area contributed by atoms with Crippen molar-refractivity contribution in [3.8, 4) is 0 Å². The lowest BCUT2D eigenvalue weighted by atomic mass is 9.83. The molecule has 1 rings (SSSR count). The van der Waals surface area contributed by atoms with E-state index in [0.29, 0.717) is 0 Å². The number of amidine groups is 1. The molecule has 2 unspecified atom stereocenters. The maximum absolute atomic E-state index is 11.8. The van der Waals surface area contributed by atoms with Crippen molar-refractivity contribution in [1.82, 2.24) is 5.32 Å². The fourth-order valence-corrected chi connectivity index (χ4v) is 2.34. The first-order chi connectivity index (χ1) is 8.60. The number of hydrogen-bond donors (Lipinski definition) is 3. The second-order valence-electron chi connectivity index (χ2n) is 4.79. The Bertz CT molecular complexity index is 301. The Hall–Kier alpha value is -1.30. The summed E-state index contributed by atoms with van der Waals surface area (Å²) in [5, 5.41) is 14.7. The number of carbonyl (C=O) groups excluding carboxylic acids is 1. The molecule has 6 nitrogen and oxygen atoms in total. The van der Waals surface area contributed by atoms with E-state index in [9.17, 15) is 4.79 Å². The molecule has 1 amide bonds. The van der Waals surface area contributed by atoms with Crippen molar-refractivity contribution in [1.29, 1.82) is 0 Å². The summed E-state index contributed by atoms with van der Waals surface area (Å²) in [6.45, 7) is 1.67. The SMILES string of the molecule is COC(C)C(=O)NC(C(N)=NO)C1CCCCC1. The smallest absolute Gasteiger partial charge is 0.249 e. The number of nitrogens with zero attached hydrogens (tertiary/aromatic N) is 1. The van der Waals surface area contributed by atoms with Gasteiger partial charge < -0.3 is 21.0 Å². The number of nitrogens with two attached hydrogens (primary N) is 1. The van der Waals surface area contributed by atoms with Gasteiger partial charge in [-0.1, -0.05) is 24.4 Å². The lowest BCUT2D eigenvalue weighted by Crippen LogP contribution is -2.52. The summed E-state index contributed by atoms with van der Waals surface area (Å²) in [7, 11) is 1.48. The van der Waals surface area contributed by atoms with Crippen LogP contribution in [0.2, 0.25) is 0 Å². The van der Waals surface area contributed by atoms with Crippen LogP contribution in [0.5, 0.6) is 0 Å².